The minimum absolute atomic E-state index is 0.0957. The first-order valence-corrected chi connectivity index (χ1v) is 12.0. The molecular weight excluding hydrogens is 414 g/mol. The third kappa shape index (κ3) is 5.05. The van der Waals surface area contributed by atoms with Gasteiger partial charge >= 0.3 is 0 Å². The van der Waals surface area contributed by atoms with Crippen molar-refractivity contribution in [2.24, 2.45) is 0 Å². The highest BCUT2D eigenvalue weighted by molar-refractivity contribution is 8.00. The van der Waals surface area contributed by atoms with Crippen molar-refractivity contribution in [1.29, 1.82) is 5.26 Å². The maximum Gasteiger partial charge on any atom is 0.257 e. The number of carbonyl (C=O) groups excluding carboxylic acids is 2. The number of aryl methyl sites for hydroxylation is 1. The molecule has 0 radical (unpaired) electrons. The molecule has 0 bridgehead atoms. The van der Waals surface area contributed by atoms with E-state index in [1.54, 1.807) is 6.07 Å². The smallest absolute Gasteiger partial charge is 0.257 e. The maximum absolute atomic E-state index is 12.9. The van der Waals surface area contributed by atoms with Gasteiger partial charge in [0.15, 0.2) is 0 Å². The molecular formula is C23H27N3O2S2. The number of thioether (sulfide) groups is 1. The van der Waals surface area contributed by atoms with Crippen molar-refractivity contribution in [2.45, 2.75) is 56.9 Å². The van der Waals surface area contributed by atoms with Gasteiger partial charge in [-0.15, -0.1) is 23.1 Å². The average molecular weight is 442 g/mol. The number of nitrogens with zero attached hydrogens (tertiary/aromatic N) is 2. The van der Waals surface area contributed by atoms with E-state index in [2.05, 4.69) is 11.4 Å². The molecule has 1 heterocycles. The van der Waals surface area contributed by atoms with Crippen LogP contribution in [0.1, 0.15) is 58.5 Å². The number of nitriles is 1. The maximum atomic E-state index is 12.9. The lowest BCUT2D eigenvalue weighted by atomic mass is 9.94. The molecule has 3 rings (SSSR count). The molecule has 0 aliphatic heterocycles. The van der Waals surface area contributed by atoms with Gasteiger partial charge in [-0.3, -0.25) is 9.59 Å². The molecule has 30 heavy (non-hydrogen) atoms. The first kappa shape index (κ1) is 22.4. The summed E-state index contributed by atoms with van der Waals surface area (Å²) >= 11 is 2.80. The molecule has 158 valence electrons. The van der Waals surface area contributed by atoms with Crippen LogP contribution in [0, 0.1) is 25.2 Å². The number of thiophene rings is 1. The number of anilines is 1. The monoisotopic (exact) mass is 441 g/mol. The van der Waals surface area contributed by atoms with Gasteiger partial charge in [0.2, 0.25) is 5.91 Å². The highest BCUT2D eigenvalue weighted by Crippen LogP contribution is 2.33. The summed E-state index contributed by atoms with van der Waals surface area (Å²) in [6, 6.07) is 9.81. The third-order valence-electron chi connectivity index (χ3n) is 5.72. The third-order valence-corrected chi connectivity index (χ3v) is 7.90. The molecule has 0 saturated heterocycles. The summed E-state index contributed by atoms with van der Waals surface area (Å²) in [4.78, 5) is 29.3. The largest absolute Gasteiger partial charge is 0.342 e. The van der Waals surface area contributed by atoms with Crippen LogP contribution in [0.3, 0.4) is 0 Å². The number of rotatable bonds is 6. The quantitative estimate of drug-likeness (QED) is 0.612. The fraction of sp³-hybridized carbons (Fsp3) is 0.435. The van der Waals surface area contributed by atoms with E-state index < -0.39 is 0 Å². The summed E-state index contributed by atoms with van der Waals surface area (Å²) in [6.45, 7) is 3.83. The molecule has 2 amide bonds. The number of carbonyl (C=O) groups is 2. The van der Waals surface area contributed by atoms with E-state index in [9.17, 15) is 14.9 Å². The van der Waals surface area contributed by atoms with Gasteiger partial charge in [-0.2, -0.15) is 5.26 Å². The summed E-state index contributed by atoms with van der Waals surface area (Å²) in [5.74, 6) is 0.139. The lowest BCUT2D eigenvalue weighted by Gasteiger charge is -2.31. The van der Waals surface area contributed by atoms with Gasteiger partial charge in [0.1, 0.15) is 11.1 Å². The SMILES string of the molecule is Cc1sc(NC(=O)c2ccccc2SCC(=O)N(C)C2CCCCC2)c(C#N)c1C. The molecule has 2 aromatic rings. The topological polar surface area (TPSA) is 73.2 Å². The van der Waals surface area contributed by atoms with Gasteiger partial charge in [0.25, 0.3) is 5.91 Å². The van der Waals surface area contributed by atoms with E-state index in [0.29, 0.717) is 27.9 Å². The van der Waals surface area contributed by atoms with Crippen LogP contribution >= 0.6 is 23.1 Å². The van der Waals surface area contributed by atoms with Crippen LogP contribution in [0.5, 0.6) is 0 Å². The number of amides is 2. The van der Waals surface area contributed by atoms with Crippen LogP contribution in [0.2, 0.25) is 0 Å². The molecule has 7 heteroatoms. The molecule has 1 saturated carbocycles. The zero-order valence-corrected chi connectivity index (χ0v) is 19.3. The Balaban J connectivity index is 1.68. The second-order valence-electron chi connectivity index (χ2n) is 7.63. The summed E-state index contributed by atoms with van der Waals surface area (Å²) in [6.07, 6.45) is 5.78. The van der Waals surface area contributed by atoms with Crippen LogP contribution in [0.25, 0.3) is 0 Å². The normalized spacial score (nSPS) is 14.2. The van der Waals surface area contributed by atoms with Crippen LogP contribution in [0.4, 0.5) is 5.00 Å². The van der Waals surface area contributed by atoms with Crippen molar-refractivity contribution in [3.63, 3.8) is 0 Å². The minimum Gasteiger partial charge on any atom is -0.342 e. The van der Waals surface area contributed by atoms with Gasteiger partial charge in [-0.05, 0) is 44.4 Å². The molecule has 1 aliphatic rings. The number of nitrogens with one attached hydrogen (secondary N) is 1. The second kappa shape index (κ2) is 10.1. The first-order valence-electron chi connectivity index (χ1n) is 10.2. The van der Waals surface area contributed by atoms with Crippen molar-refractivity contribution >= 4 is 39.9 Å². The Hall–Kier alpha value is -2.30. The van der Waals surface area contributed by atoms with Gasteiger partial charge in [0, 0.05) is 22.9 Å². The molecule has 1 aliphatic carbocycles. The van der Waals surface area contributed by atoms with E-state index in [1.165, 1.54) is 42.4 Å². The Kier molecular flexibility index (Phi) is 7.57. The molecule has 1 fully saturated rings. The molecule has 1 aromatic carbocycles. The predicted molar refractivity (Wildman–Crippen MR) is 123 cm³/mol. The fourth-order valence-corrected chi connectivity index (χ4v) is 5.69. The van der Waals surface area contributed by atoms with Crippen molar-refractivity contribution in [3.8, 4) is 6.07 Å². The highest BCUT2D eigenvalue weighted by Gasteiger charge is 2.23. The molecule has 1 N–H and O–H groups in total. The molecule has 5 nitrogen and oxygen atoms in total. The highest BCUT2D eigenvalue weighted by atomic mass is 32.2. The Labute approximate surface area is 186 Å². The zero-order valence-electron chi connectivity index (χ0n) is 17.7. The summed E-state index contributed by atoms with van der Waals surface area (Å²) < 4.78 is 0. The van der Waals surface area contributed by atoms with Crippen LogP contribution in [0.15, 0.2) is 29.2 Å². The average Bonchev–Trinajstić information content (AvgIpc) is 3.04. The van der Waals surface area contributed by atoms with E-state index in [-0.39, 0.29) is 11.8 Å². The lowest BCUT2D eigenvalue weighted by Crippen LogP contribution is -2.39. The summed E-state index contributed by atoms with van der Waals surface area (Å²) in [7, 11) is 1.89. The Morgan fingerprint density at radius 2 is 1.93 bits per heavy atom. The van der Waals surface area contributed by atoms with E-state index in [1.807, 2.05) is 44.0 Å². The van der Waals surface area contributed by atoms with Crippen molar-refractivity contribution in [1.82, 2.24) is 4.90 Å². The van der Waals surface area contributed by atoms with Crippen molar-refractivity contribution < 1.29 is 9.59 Å². The van der Waals surface area contributed by atoms with Gasteiger partial charge in [0.05, 0.1) is 16.9 Å². The fourth-order valence-electron chi connectivity index (χ4n) is 3.71. The molecule has 0 unspecified atom stereocenters. The standard InChI is InChI=1S/C23H27N3O2S2/c1-15-16(2)30-23(19(15)13-24)25-22(28)18-11-7-8-12-20(18)29-14-21(27)26(3)17-9-5-4-6-10-17/h7-8,11-12,17H,4-6,9-10,14H2,1-3H3,(H,25,28). The van der Waals surface area contributed by atoms with Gasteiger partial charge in [-0.25, -0.2) is 0 Å². The zero-order chi connectivity index (χ0) is 21.7. The molecule has 0 atom stereocenters. The Bertz CT molecular complexity index is 971. The first-order chi connectivity index (χ1) is 14.4. The van der Waals surface area contributed by atoms with Crippen LogP contribution in [-0.2, 0) is 4.79 Å². The number of hydrogen-bond donors (Lipinski definition) is 1. The number of benzene rings is 1. The predicted octanol–water partition coefficient (Wildman–Crippen LogP) is 5.37. The Morgan fingerprint density at radius 3 is 2.63 bits per heavy atom. The van der Waals surface area contributed by atoms with Crippen molar-refractivity contribution in [2.75, 3.05) is 18.1 Å². The molecule has 0 spiro atoms. The summed E-state index contributed by atoms with van der Waals surface area (Å²) in [5, 5.41) is 12.9. The summed E-state index contributed by atoms with van der Waals surface area (Å²) in [5.41, 5.74) is 1.93. The lowest BCUT2D eigenvalue weighted by molar-refractivity contribution is -0.129. The van der Waals surface area contributed by atoms with E-state index in [0.717, 1.165) is 28.2 Å². The van der Waals surface area contributed by atoms with Crippen LogP contribution < -0.4 is 5.32 Å². The van der Waals surface area contributed by atoms with E-state index in [4.69, 9.17) is 0 Å². The minimum atomic E-state index is -0.260. The number of hydrogen-bond acceptors (Lipinski definition) is 5. The molecule has 1 aromatic heterocycles. The van der Waals surface area contributed by atoms with Gasteiger partial charge < -0.3 is 10.2 Å². The van der Waals surface area contributed by atoms with Crippen LogP contribution in [-0.4, -0.2) is 35.6 Å². The van der Waals surface area contributed by atoms with Gasteiger partial charge in [-0.1, -0.05) is 31.4 Å². The van der Waals surface area contributed by atoms with E-state index >= 15 is 0 Å². The van der Waals surface area contributed by atoms with Crippen molar-refractivity contribution in [3.05, 3.63) is 45.8 Å². The Morgan fingerprint density at radius 1 is 1.23 bits per heavy atom. The second-order valence-corrected chi connectivity index (χ2v) is 9.88.